The zero-order valence-electron chi connectivity index (χ0n) is 14.6. The maximum Gasteiger partial charge on any atom is 0.0358 e. The molecular formula is C20H29N. The number of benzene rings is 1. The number of aromatic nitrogens is 1. The van der Waals surface area contributed by atoms with Crippen LogP contribution in [0.25, 0.3) is 11.1 Å². The van der Waals surface area contributed by atoms with Crippen LogP contribution < -0.4 is 0 Å². The highest BCUT2D eigenvalue weighted by molar-refractivity contribution is 5.64. The molecule has 0 aliphatic rings. The van der Waals surface area contributed by atoms with Crippen molar-refractivity contribution in [3.63, 3.8) is 0 Å². The molecule has 0 aliphatic carbocycles. The molecular weight excluding hydrogens is 254 g/mol. The van der Waals surface area contributed by atoms with Gasteiger partial charge >= 0.3 is 0 Å². The van der Waals surface area contributed by atoms with E-state index < -0.39 is 0 Å². The largest absolute Gasteiger partial charge is 0.345 e. The third-order valence-corrected chi connectivity index (χ3v) is 4.07. The highest BCUT2D eigenvalue weighted by Gasteiger charge is 2.19. The van der Waals surface area contributed by atoms with E-state index in [9.17, 15) is 0 Å². The molecule has 0 amide bonds. The van der Waals surface area contributed by atoms with Gasteiger partial charge in [0, 0.05) is 17.4 Å². The fourth-order valence-electron chi connectivity index (χ4n) is 2.72. The fourth-order valence-corrected chi connectivity index (χ4v) is 2.72. The first-order valence-corrected chi connectivity index (χ1v) is 8.03. The first-order chi connectivity index (χ1) is 9.70. The van der Waals surface area contributed by atoms with Crippen LogP contribution >= 0.6 is 0 Å². The molecule has 114 valence electrons. The summed E-state index contributed by atoms with van der Waals surface area (Å²) in [7, 11) is 0. The molecule has 2 aromatic rings. The average Bonchev–Trinajstić information content (AvgIpc) is 2.84. The molecule has 0 aliphatic heterocycles. The summed E-state index contributed by atoms with van der Waals surface area (Å²) < 4.78 is 2.42. The van der Waals surface area contributed by atoms with E-state index >= 15 is 0 Å². The zero-order valence-corrected chi connectivity index (χ0v) is 14.6. The van der Waals surface area contributed by atoms with Gasteiger partial charge in [-0.05, 0) is 55.4 Å². The van der Waals surface area contributed by atoms with E-state index in [1.54, 1.807) is 0 Å². The molecule has 0 unspecified atom stereocenters. The van der Waals surface area contributed by atoms with Gasteiger partial charge < -0.3 is 4.57 Å². The highest BCUT2D eigenvalue weighted by atomic mass is 15.0. The van der Waals surface area contributed by atoms with Crippen LogP contribution in [0.4, 0.5) is 0 Å². The maximum absolute atomic E-state index is 2.42. The molecule has 2 rings (SSSR count). The summed E-state index contributed by atoms with van der Waals surface area (Å²) in [6.45, 7) is 15.8. The van der Waals surface area contributed by atoms with Crippen LogP contribution in [0.5, 0.6) is 0 Å². The molecule has 21 heavy (non-hydrogen) atoms. The molecule has 0 N–H and O–H groups in total. The Labute approximate surface area is 130 Å². The Kier molecular flexibility index (Phi) is 4.32. The Balaban J connectivity index is 2.45. The normalized spacial score (nSPS) is 12.4. The van der Waals surface area contributed by atoms with Gasteiger partial charge in [0.2, 0.25) is 0 Å². The molecule has 0 atom stereocenters. The van der Waals surface area contributed by atoms with E-state index in [-0.39, 0.29) is 5.54 Å². The third kappa shape index (κ3) is 3.40. The van der Waals surface area contributed by atoms with Crippen LogP contribution in [0.3, 0.4) is 0 Å². The number of hydrogen-bond acceptors (Lipinski definition) is 0. The zero-order chi connectivity index (χ0) is 15.8. The van der Waals surface area contributed by atoms with Crippen molar-refractivity contribution in [2.24, 2.45) is 0 Å². The summed E-state index contributed by atoms with van der Waals surface area (Å²) in [5.74, 6) is 1.12. The summed E-state index contributed by atoms with van der Waals surface area (Å²) in [4.78, 5) is 0. The van der Waals surface area contributed by atoms with Crippen molar-refractivity contribution < 1.29 is 0 Å². The van der Waals surface area contributed by atoms with Gasteiger partial charge in [0.15, 0.2) is 0 Å². The van der Waals surface area contributed by atoms with Gasteiger partial charge in [0.25, 0.3) is 0 Å². The van der Waals surface area contributed by atoms with Crippen molar-refractivity contribution in [3.05, 3.63) is 47.8 Å². The summed E-state index contributed by atoms with van der Waals surface area (Å²) >= 11 is 0. The van der Waals surface area contributed by atoms with Crippen molar-refractivity contribution in [2.45, 2.75) is 65.8 Å². The lowest BCUT2D eigenvalue weighted by atomic mass is 9.99. The second-order valence-corrected chi connectivity index (χ2v) is 7.63. The average molecular weight is 283 g/mol. The van der Waals surface area contributed by atoms with Crippen molar-refractivity contribution in [1.29, 1.82) is 0 Å². The minimum atomic E-state index is 0.121. The Morgan fingerprint density at radius 1 is 0.810 bits per heavy atom. The van der Waals surface area contributed by atoms with Crippen molar-refractivity contribution in [2.75, 3.05) is 0 Å². The van der Waals surface area contributed by atoms with Crippen molar-refractivity contribution in [1.82, 2.24) is 4.57 Å². The monoisotopic (exact) mass is 283 g/mol. The topological polar surface area (TPSA) is 4.93 Å². The molecule has 0 spiro atoms. The van der Waals surface area contributed by atoms with Crippen molar-refractivity contribution in [3.8, 4) is 11.1 Å². The maximum atomic E-state index is 2.42. The van der Waals surface area contributed by atoms with Crippen molar-refractivity contribution >= 4 is 0 Å². The first-order valence-electron chi connectivity index (χ1n) is 8.03. The summed E-state index contributed by atoms with van der Waals surface area (Å²) in [5.41, 5.74) is 5.56. The molecule has 1 heterocycles. The van der Waals surface area contributed by atoms with Gasteiger partial charge in [-0.1, -0.05) is 52.0 Å². The Morgan fingerprint density at radius 3 is 1.76 bits per heavy atom. The highest BCUT2D eigenvalue weighted by Crippen LogP contribution is 2.31. The molecule has 0 radical (unpaired) electrons. The second kappa shape index (κ2) is 5.71. The van der Waals surface area contributed by atoms with E-state index in [2.05, 4.69) is 89.6 Å². The van der Waals surface area contributed by atoms with Gasteiger partial charge in [0.1, 0.15) is 0 Å². The smallest absolute Gasteiger partial charge is 0.0358 e. The fraction of sp³-hybridized carbons (Fsp3) is 0.500. The first kappa shape index (κ1) is 15.9. The van der Waals surface area contributed by atoms with Gasteiger partial charge in [-0.25, -0.2) is 0 Å². The second-order valence-electron chi connectivity index (χ2n) is 7.63. The van der Waals surface area contributed by atoms with Crippen LogP contribution in [0.15, 0.2) is 36.5 Å². The number of nitrogens with zero attached hydrogens (tertiary/aromatic N) is 1. The quantitative estimate of drug-likeness (QED) is 0.636. The van der Waals surface area contributed by atoms with Gasteiger partial charge in [-0.15, -0.1) is 0 Å². The minimum absolute atomic E-state index is 0.121. The standard InChI is InChI=1S/C20H29N/c1-14(2)16-8-10-17(11-9-16)18-12-19(15(3)4)21(13-18)20(5,6)7/h8-15H,1-7H3. The van der Waals surface area contributed by atoms with Gasteiger partial charge in [0.05, 0.1) is 0 Å². The van der Waals surface area contributed by atoms with Crippen LogP contribution in [0, 0.1) is 0 Å². The third-order valence-electron chi connectivity index (χ3n) is 4.07. The molecule has 1 heteroatoms. The van der Waals surface area contributed by atoms with E-state index in [1.807, 2.05) is 0 Å². The molecule has 0 fully saturated rings. The predicted molar refractivity (Wildman–Crippen MR) is 93.0 cm³/mol. The minimum Gasteiger partial charge on any atom is -0.345 e. The Hall–Kier alpha value is -1.50. The molecule has 0 bridgehead atoms. The predicted octanol–water partition coefficient (Wildman–Crippen LogP) is 6.16. The van der Waals surface area contributed by atoms with E-state index in [4.69, 9.17) is 0 Å². The lowest BCUT2D eigenvalue weighted by molar-refractivity contribution is 0.381. The van der Waals surface area contributed by atoms with E-state index in [0.29, 0.717) is 11.8 Å². The van der Waals surface area contributed by atoms with Crippen LogP contribution in [-0.4, -0.2) is 4.57 Å². The SMILES string of the molecule is CC(C)c1ccc(-c2cc(C(C)C)n(C(C)(C)C)c2)cc1. The van der Waals surface area contributed by atoms with Gasteiger partial charge in [-0.2, -0.15) is 0 Å². The van der Waals surface area contributed by atoms with Crippen LogP contribution in [0.2, 0.25) is 0 Å². The van der Waals surface area contributed by atoms with Crippen LogP contribution in [0.1, 0.15) is 71.6 Å². The number of rotatable bonds is 3. The van der Waals surface area contributed by atoms with E-state index in [1.165, 1.54) is 22.4 Å². The lowest BCUT2D eigenvalue weighted by Crippen LogP contribution is -2.23. The Morgan fingerprint density at radius 2 is 1.38 bits per heavy atom. The lowest BCUT2D eigenvalue weighted by Gasteiger charge is -2.26. The molecule has 0 saturated carbocycles. The summed E-state index contributed by atoms with van der Waals surface area (Å²) in [6, 6.07) is 11.4. The summed E-state index contributed by atoms with van der Waals surface area (Å²) in [5, 5.41) is 0. The molecule has 1 nitrogen and oxygen atoms in total. The Bertz CT molecular complexity index is 592. The number of hydrogen-bond donors (Lipinski definition) is 0. The van der Waals surface area contributed by atoms with E-state index in [0.717, 1.165) is 0 Å². The van der Waals surface area contributed by atoms with Gasteiger partial charge in [-0.3, -0.25) is 0 Å². The summed E-state index contributed by atoms with van der Waals surface area (Å²) in [6.07, 6.45) is 2.31. The van der Waals surface area contributed by atoms with Crippen LogP contribution in [-0.2, 0) is 5.54 Å². The molecule has 1 aromatic heterocycles. The molecule has 0 saturated heterocycles. The molecule has 1 aromatic carbocycles.